The Morgan fingerprint density at radius 2 is 2.04 bits per heavy atom. The van der Waals surface area contributed by atoms with E-state index in [9.17, 15) is 8.78 Å². The Kier molecular flexibility index (Phi) is 9.76. The van der Waals surface area contributed by atoms with E-state index in [1.165, 1.54) is 6.07 Å². The molecule has 0 aromatic heterocycles. The predicted molar refractivity (Wildman–Crippen MR) is 91.5 cm³/mol. The highest BCUT2D eigenvalue weighted by Crippen LogP contribution is 2.15. The summed E-state index contributed by atoms with van der Waals surface area (Å²) in [6.45, 7) is 4.09. The molecule has 5 nitrogen and oxygen atoms in total. The van der Waals surface area contributed by atoms with E-state index in [4.69, 9.17) is 4.74 Å². The van der Waals surface area contributed by atoms with Gasteiger partial charge in [0.1, 0.15) is 5.75 Å². The van der Waals surface area contributed by atoms with E-state index in [1.807, 2.05) is 6.07 Å². The lowest BCUT2D eigenvalue weighted by atomic mass is 10.2. The zero-order valence-electron chi connectivity index (χ0n) is 14.5. The molecule has 0 aliphatic carbocycles. The largest absolute Gasteiger partial charge is 0.435 e. The van der Waals surface area contributed by atoms with Crippen molar-refractivity contribution in [2.75, 3.05) is 26.8 Å². The van der Waals surface area contributed by atoms with E-state index in [0.717, 1.165) is 25.1 Å². The highest BCUT2D eigenvalue weighted by Gasteiger charge is 2.05. The lowest BCUT2D eigenvalue weighted by molar-refractivity contribution is -0.0498. The van der Waals surface area contributed by atoms with Crippen LogP contribution in [0.1, 0.15) is 25.8 Å². The number of hydrogen-bond acceptors (Lipinski definition) is 3. The monoisotopic (exact) mass is 343 g/mol. The van der Waals surface area contributed by atoms with E-state index >= 15 is 0 Å². The number of guanidine groups is 1. The van der Waals surface area contributed by atoms with Crippen molar-refractivity contribution in [1.29, 1.82) is 0 Å². The molecule has 24 heavy (non-hydrogen) atoms. The smallest absolute Gasteiger partial charge is 0.387 e. The molecule has 0 amide bonds. The summed E-state index contributed by atoms with van der Waals surface area (Å²) < 4.78 is 34.3. The highest BCUT2D eigenvalue weighted by atomic mass is 19.3. The Balaban J connectivity index is 2.29. The van der Waals surface area contributed by atoms with Crippen LogP contribution in [0.4, 0.5) is 8.78 Å². The van der Waals surface area contributed by atoms with E-state index < -0.39 is 6.61 Å². The molecular formula is C17H27F2N3O2. The molecule has 0 unspecified atom stereocenters. The van der Waals surface area contributed by atoms with Crippen LogP contribution in [-0.4, -0.2) is 39.4 Å². The van der Waals surface area contributed by atoms with Gasteiger partial charge in [-0.15, -0.1) is 0 Å². The summed E-state index contributed by atoms with van der Waals surface area (Å²) in [5, 5.41) is 6.31. The quantitative estimate of drug-likeness (QED) is 0.390. The van der Waals surface area contributed by atoms with E-state index in [2.05, 4.69) is 34.2 Å². The van der Waals surface area contributed by atoms with Crippen LogP contribution in [0, 0.1) is 5.92 Å². The molecular weight excluding hydrogens is 316 g/mol. The van der Waals surface area contributed by atoms with Gasteiger partial charge in [-0.2, -0.15) is 8.78 Å². The fourth-order valence-corrected chi connectivity index (χ4v) is 1.94. The number of nitrogens with one attached hydrogen (secondary N) is 2. The number of alkyl halides is 2. The van der Waals surface area contributed by atoms with Gasteiger partial charge in [0.05, 0.1) is 0 Å². The van der Waals surface area contributed by atoms with Crippen molar-refractivity contribution in [2.24, 2.45) is 10.9 Å². The van der Waals surface area contributed by atoms with Crippen molar-refractivity contribution in [2.45, 2.75) is 33.4 Å². The van der Waals surface area contributed by atoms with Gasteiger partial charge in [-0.1, -0.05) is 26.0 Å². The fraction of sp³-hybridized carbons (Fsp3) is 0.588. The zero-order chi connectivity index (χ0) is 17.8. The van der Waals surface area contributed by atoms with Crippen LogP contribution in [0.2, 0.25) is 0 Å². The number of halogens is 2. The minimum atomic E-state index is -2.82. The summed E-state index contributed by atoms with van der Waals surface area (Å²) in [5.74, 6) is 1.34. The lowest BCUT2D eigenvalue weighted by Gasteiger charge is -2.13. The van der Waals surface area contributed by atoms with Crippen LogP contribution in [0.5, 0.6) is 5.75 Å². The summed E-state index contributed by atoms with van der Waals surface area (Å²) in [7, 11) is 1.68. The first kappa shape index (κ1) is 20.2. The molecule has 0 radical (unpaired) electrons. The van der Waals surface area contributed by atoms with E-state index in [0.29, 0.717) is 25.0 Å². The van der Waals surface area contributed by atoms with Gasteiger partial charge in [-0.3, -0.25) is 4.99 Å². The standard InChI is InChI=1S/C17H27F2N3O2/c1-13(2)12-23-9-5-8-21-17(20-3)22-11-14-6-4-7-15(10-14)24-16(18)19/h4,6-7,10,13,16H,5,8-9,11-12H2,1-3H3,(H2,20,21,22). The SMILES string of the molecule is CN=C(NCCCOCC(C)C)NCc1cccc(OC(F)F)c1. The molecule has 2 N–H and O–H groups in total. The molecule has 0 saturated carbocycles. The molecule has 7 heteroatoms. The molecule has 0 fully saturated rings. The molecule has 0 atom stereocenters. The highest BCUT2D eigenvalue weighted by molar-refractivity contribution is 5.79. The first-order chi connectivity index (χ1) is 11.5. The first-order valence-electron chi connectivity index (χ1n) is 8.07. The second-order valence-electron chi connectivity index (χ2n) is 5.70. The topological polar surface area (TPSA) is 54.9 Å². The van der Waals surface area contributed by atoms with E-state index in [-0.39, 0.29) is 5.75 Å². The maximum absolute atomic E-state index is 12.2. The van der Waals surface area contributed by atoms with Crippen LogP contribution in [0.15, 0.2) is 29.3 Å². The maximum atomic E-state index is 12.2. The normalized spacial score (nSPS) is 11.9. The molecule has 136 valence electrons. The average Bonchev–Trinajstić information content (AvgIpc) is 2.53. The third-order valence-corrected chi connectivity index (χ3v) is 3.02. The van der Waals surface area contributed by atoms with Gasteiger partial charge in [0, 0.05) is 33.4 Å². The van der Waals surface area contributed by atoms with Crippen molar-refractivity contribution >= 4 is 5.96 Å². The molecule has 0 aliphatic rings. The minimum absolute atomic E-state index is 0.148. The molecule has 1 aromatic rings. The zero-order valence-corrected chi connectivity index (χ0v) is 14.5. The van der Waals surface area contributed by atoms with E-state index in [1.54, 1.807) is 19.2 Å². The lowest BCUT2D eigenvalue weighted by Crippen LogP contribution is -2.37. The predicted octanol–water partition coefficient (Wildman–Crippen LogP) is 3.02. The van der Waals surface area contributed by atoms with Crippen molar-refractivity contribution in [3.63, 3.8) is 0 Å². The Morgan fingerprint density at radius 3 is 2.71 bits per heavy atom. The average molecular weight is 343 g/mol. The molecule has 0 bridgehead atoms. The summed E-state index contributed by atoms with van der Waals surface area (Å²) >= 11 is 0. The second kappa shape index (κ2) is 11.6. The van der Waals surface area contributed by atoms with Gasteiger partial charge < -0.3 is 20.1 Å². The summed E-state index contributed by atoms with van der Waals surface area (Å²) in [6.07, 6.45) is 0.880. The number of benzene rings is 1. The molecule has 0 heterocycles. The van der Waals surface area contributed by atoms with Crippen molar-refractivity contribution in [3.8, 4) is 5.75 Å². The first-order valence-corrected chi connectivity index (χ1v) is 8.07. The number of nitrogens with zero attached hydrogens (tertiary/aromatic N) is 1. The molecule has 1 aromatic carbocycles. The van der Waals surface area contributed by atoms with Crippen LogP contribution in [-0.2, 0) is 11.3 Å². The van der Waals surface area contributed by atoms with Gasteiger partial charge in [-0.05, 0) is 30.0 Å². The Labute approximate surface area is 142 Å². The van der Waals surface area contributed by atoms with Crippen LogP contribution in [0.25, 0.3) is 0 Å². The van der Waals surface area contributed by atoms with Gasteiger partial charge >= 0.3 is 6.61 Å². The van der Waals surface area contributed by atoms with Crippen LogP contribution >= 0.6 is 0 Å². The van der Waals surface area contributed by atoms with Gasteiger partial charge in [0.15, 0.2) is 5.96 Å². The number of aliphatic imine (C=N–C) groups is 1. The number of rotatable bonds is 10. The molecule has 0 aliphatic heterocycles. The number of hydrogen-bond donors (Lipinski definition) is 2. The summed E-state index contributed by atoms with van der Waals surface area (Å²) in [6, 6.07) is 6.58. The third-order valence-electron chi connectivity index (χ3n) is 3.02. The van der Waals surface area contributed by atoms with Gasteiger partial charge in [0.25, 0.3) is 0 Å². The molecule has 1 rings (SSSR count). The Bertz CT molecular complexity index is 496. The van der Waals surface area contributed by atoms with Crippen molar-refractivity contribution in [3.05, 3.63) is 29.8 Å². The molecule has 0 saturated heterocycles. The maximum Gasteiger partial charge on any atom is 0.387 e. The second-order valence-corrected chi connectivity index (χ2v) is 5.70. The van der Waals surface area contributed by atoms with Gasteiger partial charge in [-0.25, -0.2) is 0 Å². The van der Waals surface area contributed by atoms with Crippen LogP contribution in [0.3, 0.4) is 0 Å². The van der Waals surface area contributed by atoms with Crippen molar-refractivity contribution < 1.29 is 18.3 Å². The Morgan fingerprint density at radius 1 is 1.25 bits per heavy atom. The minimum Gasteiger partial charge on any atom is -0.435 e. The summed E-state index contributed by atoms with van der Waals surface area (Å²) in [4.78, 5) is 4.12. The van der Waals surface area contributed by atoms with Crippen molar-refractivity contribution in [1.82, 2.24) is 10.6 Å². The van der Waals surface area contributed by atoms with Crippen LogP contribution < -0.4 is 15.4 Å². The third kappa shape index (κ3) is 9.29. The number of ether oxygens (including phenoxy) is 2. The fourth-order valence-electron chi connectivity index (χ4n) is 1.94. The summed E-state index contributed by atoms with van der Waals surface area (Å²) in [5.41, 5.74) is 0.830. The molecule has 0 spiro atoms. The Hall–Kier alpha value is -1.89. The van der Waals surface area contributed by atoms with Gasteiger partial charge in [0.2, 0.25) is 0 Å².